The molecular formula is C13H21FN2O. The average Bonchev–Trinajstić information content (AvgIpc) is 2.35. The third-order valence-corrected chi connectivity index (χ3v) is 2.82. The molecular weight excluding hydrogens is 219 g/mol. The molecule has 0 heterocycles. The molecule has 17 heavy (non-hydrogen) atoms. The summed E-state index contributed by atoms with van der Waals surface area (Å²) in [7, 11) is 0. The molecule has 0 aliphatic rings. The molecule has 0 fully saturated rings. The number of benzene rings is 1. The highest BCUT2D eigenvalue weighted by Gasteiger charge is 2.03. The van der Waals surface area contributed by atoms with Crippen LogP contribution in [0.2, 0.25) is 0 Å². The molecule has 0 spiro atoms. The Kier molecular flexibility index (Phi) is 5.94. The van der Waals surface area contributed by atoms with Crippen LogP contribution in [0.3, 0.4) is 0 Å². The summed E-state index contributed by atoms with van der Waals surface area (Å²) >= 11 is 0. The number of hydrogen-bond acceptors (Lipinski definition) is 3. The first kappa shape index (κ1) is 13.9. The Balaban J connectivity index is 2.44. The van der Waals surface area contributed by atoms with Crippen molar-refractivity contribution >= 4 is 0 Å². The summed E-state index contributed by atoms with van der Waals surface area (Å²) in [5.41, 5.74) is 5.90. The number of nitrogens with zero attached hydrogens (tertiary/aromatic N) is 1. The molecule has 0 bridgehead atoms. The second-order valence-corrected chi connectivity index (χ2v) is 3.83. The van der Waals surface area contributed by atoms with Gasteiger partial charge in [0.2, 0.25) is 0 Å². The van der Waals surface area contributed by atoms with E-state index in [4.69, 9.17) is 10.5 Å². The van der Waals surface area contributed by atoms with Crippen LogP contribution >= 0.6 is 0 Å². The van der Waals surface area contributed by atoms with E-state index in [9.17, 15) is 4.39 Å². The molecule has 0 atom stereocenters. The monoisotopic (exact) mass is 240 g/mol. The lowest BCUT2D eigenvalue weighted by molar-refractivity contribution is 0.222. The molecule has 3 nitrogen and oxygen atoms in total. The van der Waals surface area contributed by atoms with Crippen LogP contribution in [-0.2, 0) is 6.54 Å². The van der Waals surface area contributed by atoms with E-state index >= 15 is 0 Å². The van der Waals surface area contributed by atoms with Gasteiger partial charge in [0.05, 0.1) is 0 Å². The van der Waals surface area contributed by atoms with Crippen LogP contribution in [0.15, 0.2) is 18.2 Å². The lowest BCUT2D eigenvalue weighted by Crippen LogP contribution is -2.27. The zero-order chi connectivity index (χ0) is 12.7. The van der Waals surface area contributed by atoms with E-state index in [1.165, 1.54) is 6.07 Å². The number of ether oxygens (including phenoxy) is 1. The smallest absolute Gasteiger partial charge is 0.131 e. The molecule has 0 aromatic heterocycles. The third-order valence-electron chi connectivity index (χ3n) is 2.82. The van der Waals surface area contributed by atoms with Crippen molar-refractivity contribution < 1.29 is 9.13 Å². The molecule has 1 aromatic rings. The molecule has 4 heteroatoms. The minimum atomic E-state index is -0.298. The molecule has 1 aromatic carbocycles. The molecule has 0 aliphatic carbocycles. The minimum Gasteiger partial charge on any atom is -0.492 e. The van der Waals surface area contributed by atoms with E-state index in [0.717, 1.165) is 19.6 Å². The molecule has 0 saturated carbocycles. The zero-order valence-corrected chi connectivity index (χ0v) is 10.6. The van der Waals surface area contributed by atoms with E-state index in [1.807, 2.05) is 0 Å². The summed E-state index contributed by atoms with van der Waals surface area (Å²) in [6.45, 7) is 7.86. The number of likely N-dealkylation sites (N-methyl/N-ethyl adjacent to an activating group) is 1. The van der Waals surface area contributed by atoms with Crippen molar-refractivity contribution in [2.45, 2.75) is 20.4 Å². The molecule has 0 amide bonds. The van der Waals surface area contributed by atoms with Crippen molar-refractivity contribution in [2.75, 3.05) is 26.2 Å². The maximum absolute atomic E-state index is 13.4. The van der Waals surface area contributed by atoms with Gasteiger partial charge in [0.15, 0.2) is 0 Å². The quantitative estimate of drug-likeness (QED) is 0.792. The summed E-state index contributed by atoms with van der Waals surface area (Å²) in [6, 6.07) is 4.82. The third kappa shape index (κ3) is 4.32. The SMILES string of the molecule is CCN(CC)CCOc1ccc(CN)c(F)c1. The highest BCUT2D eigenvalue weighted by atomic mass is 19.1. The summed E-state index contributed by atoms with van der Waals surface area (Å²) in [4.78, 5) is 2.25. The highest BCUT2D eigenvalue weighted by Crippen LogP contribution is 2.16. The highest BCUT2D eigenvalue weighted by molar-refractivity contribution is 5.28. The largest absolute Gasteiger partial charge is 0.492 e. The van der Waals surface area contributed by atoms with E-state index in [2.05, 4.69) is 18.7 Å². The first-order valence-corrected chi connectivity index (χ1v) is 6.04. The van der Waals surface area contributed by atoms with Gasteiger partial charge in [-0.3, -0.25) is 0 Å². The topological polar surface area (TPSA) is 38.5 Å². The molecule has 0 aliphatic heterocycles. The Morgan fingerprint density at radius 1 is 1.29 bits per heavy atom. The Morgan fingerprint density at radius 2 is 2.00 bits per heavy atom. The fourth-order valence-corrected chi connectivity index (χ4v) is 1.62. The number of halogens is 1. The van der Waals surface area contributed by atoms with Crippen molar-refractivity contribution in [3.05, 3.63) is 29.6 Å². The van der Waals surface area contributed by atoms with E-state index in [0.29, 0.717) is 17.9 Å². The van der Waals surface area contributed by atoms with Crippen LogP contribution in [0, 0.1) is 5.82 Å². The maximum Gasteiger partial charge on any atom is 0.131 e. The van der Waals surface area contributed by atoms with Crippen LogP contribution in [0.25, 0.3) is 0 Å². The van der Waals surface area contributed by atoms with Gasteiger partial charge >= 0.3 is 0 Å². The van der Waals surface area contributed by atoms with E-state index in [1.54, 1.807) is 12.1 Å². The fourth-order valence-electron chi connectivity index (χ4n) is 1.62. The van der Waals surface area contributed by atoms with E-state index in [-0.39, 0.29) is 12.4 Å². The van der Waals surface area contributed by atoms with Crippen LogP contribution in [-0.4, -0.2) is 31.1 Å². The lowest BCUT2D eigenvalue weighted by atomic mass is 10.2. The van der Waals surface area contributed by atoms with Gasteiger partial charge in [-0.25, -0.2) is 4.39 Å². The normalized spacial score (nSPS) is 10.9. The lowest BCUT2D eigenvalue weighted by Gasteiger charge is -2.18. The predicted molar refractivity (Wildman–Crippen MR) is 67.6 cm³/mol. The summed E-state index contributed by atoms with van der Waals surface area (Å²) in [5, 5.41) is 0. The Labute approximate surface area is 102 Å². The van der Waals surface area contributed by atoms with Gasteiger partial charge in [0, 0.05) is 24.7 Å². The fraction of sp³-hybridized carbons (Fsp3) is 0.538. The number of nitrogens with two attached hydrogens (primary N) is 1. The second kappa shape index (κ2) is 7.25. The average molecular weight is 240 g/mol. The molecule has 0 unspecified atom stereocenters. The van der Waals surface area contributed by atoms with Gasteiger partial charge < -0.3 is 15.4 Å². The Morgan fingerprint density at radius 3 is 2.53 bits per heavy atom. The van der Waals surface area contributed by atoms with Crippen LogP contribution in [0.5, 0.6) is 5.75 Å². The van der Waals surface area contributed by atoms with Gasteiger partial charge in [0.25, 0.3) is 0 Å². The molecule has 0 radical (unpaired) electrons. The minimum absolute atomic E-state index is 0.214. The summed E-state index contributed by atoms with van der Waals surface area (Å²) in [6.07, 6.45) is 0. The van der Waals surface area contributed by atoms with Crippen molar-refractivity contribution in [1.82, 2.24) is 4.90 Å². The molecule has 2 N–H and O–H groups in total. The van der Waals surface area contributed by atoms with Gasteiger partial charge in [-0.05, 0) is 19.2 Å². The Bertz CT molecular complexity index is 340. The molecule has 0 saturated heterocycles. The first-order chi connectivity index (χ1) is 8.21. The van der Waals surface area contributed by atoms with Crippen LogP contribution in [0.4, 0.5) is 4.39 Å². The maximum atomic E-state index is 13.4. The van der Waals surface area contributed by atoms with Gasteiger partial charge in [0.1, 0.15) is 18.2 Å². The molecule has 96 valence electrons. The zero-order valence-electron chi connectivity index (χ0n) is 10.6. The summed E-state index contributed by atoms with van der Waals surface area (Å²) in [5.74, 6) is 0.264. The number of hydrogen-bond donors (Lipinski definition) is 1. The van der Waals surface area contributed by atoms with Crippen LogP contribution < -0.4 is 10.5 Å². The first-order valence-electron chi connectivity index (χ1n) is 6.04. The van der Waals surface area contributed by atoms with Crippen LogP contribution in [0.1, 0.15) is 19.4 Å². The van der Waals surface area contributed by atoms with Crippen molar-refractivity contribution in [3.63, 3.8) is 0 Å². The van der Waals surface area contributed by atoms with Crippen molar-refractivity contribution in [2.24, 2.45) is 5.73 Å². The van der Waals surface area contributed by atoms with E-state index < -0.39 is 0 Å². The summed E-state index contributed by atoms with van der Waals surface area (Å²) < 4.78 is 18.9. The van der Waals surface area contributed by atoms with Gasteiger partial charge in [-0.2, -0.15) is 0 Å². The predicted octanol–water partition coefficient (Wildman–Crippen LogP) is 2.00. The Hall–Kier alpha value is -1.13. The van der Waals surface area contributed by atoms with Crippen molar-refractivity contribution in [1.29, 1.82) is 0 Å². The second-order valence-electron chi connectivity index (χ2n) is 3.83. The van der Waals surface area contributed by atoms with Crippen molar-refractivity contribution in [3.8, 4) is 5.75 Å². The molecule has 1 rings (SSSR count). The standard InChI is InChI=1S/C13H21FN2O/c1-3-16(4-2)7-8-17-12-6-5-11(10-15)13(14)9-12/h5-6,9H,3-4,7-8,10,15H2,1-2H3. The number of rotatable bonds is 7. The van der Waals surface area contributed by atoms with Gasteiger partial charge in [-0.15, -0.1) is 0 Å². The van der Waals surface area contributed by atoms with Gasteiger partial charge in [-0.1, -0.05) is 19.9 Å².